The van der Waals surface area contributed by atoms with Crippen LogP contribution >= 0.6 is 11.6 Å². The fourth-order valence-corrected chi connectivity index (χ4v) is 4.13. The Hall–Kier alpha value is -1.70. The molecule has 2 heterocycles. The summed E-state index contributed by atoms with van der Waals surface area (Å²) in [5.41, 5.74) is 0. The maximum absolute atomic E-state index is 12.7. The van der Waals surface area contributed by atoms with Gasteiger partial charge in [-0.2, -0.15) is 4.31 Å². The molecule has 1 aliphatic rings. The summed E-state index contributed by atoms with van der Waals surface area (Å²) < 4.78 is 32.6. The van der Waals surface area contributed by atoms with Gasteiger partial charge in [-0.25, -0.2) is 13.4 Å². The second kappa shape index (κ2) is 6.82. The van der Waals surface area contributed by atoms with E-state index in [9.17, 15) is 8.42 Å². The van der Waals surface area contributed by atoms with E-state index in [1.165, 1.54) is 22.6 Å². The molecule has 8 heteroatoms. The molecule has 0 spiro atoms. The van der Waals surface area contributed by atoms with E-state index in [1.54, 1.807) is 24.5 Å². The molecule has 0 bridgehead atoms. The number of ether oxygens (including phenoxy) is 1. The van der Waals surface area contributed by atoms with Crippen LogP contribution in [0, 0.1) is 0 Å². The van der Waals surface area contributed by atoms with Crippen molar-refractivity contribution in [2.45, 2.75) is 23.8 Å². The standard InChI is InChI=1S/C15H16ClN3O3S/c16-12-3-5-14(6-4-12)23(20,21)19-9-1-2-13(11-19)22-15-10-17-7-8-18-15/h3-8,10,13H,1-2,9,11H2. The van der Waals surface area contributed by atoms with Crippen LogP contribution in [-0.2, 0) is 10.0 Å². The van der Waals surface area contributed by atoms with E-state index in [-0.39, 0.29) is 11.0 Å². The lowest BCUT2D eigenvalue weighted by Crippen LogP contribution is -2.44. The summed E-state index contributed by atoms with van der Waals surface area (Å²) in [6.07, 6.45) is 5.90. The van der Waals surface area contributed by atoms with E-state index < -0.39 is 10.0 Å². The van der Waals surface area contributed by atoms with Gasteiger partial charge in [0.15, 0.2) is 0 Å². The molecule has 0 N–H and O–H groups in total. The van der Waals surface area contributed by atoms with E-state index in [2.05, 4.69) is 9.97 Å². The number of piperidine rings is 1. The molecule has 2 aromatic rings. The van der Waals surface area contributed by atoms with Crippen molar-refractivity contribution < 1.29 is 13.2 Å². The van der Waals surface area contributed by atoms with Gasteiger partial charge in [0.2, 0.25) is 15.9 Å². The van der Waals surface area contributed by atoms with Crippen molar-refractivity contribution in [1.29, 1.82) is 0 Å². The van der Waals surface area contributed by atoms with E-state index >= 15 is 0 Å². The van der Waals surface area contributed by atoms with Gasteiger partial charge >= 0.3 is 0 Å². The van der Waals surface area contributed by atoms with E-state index in [0.29, 0.717) is 24.0 Å². The Morgan fingerprint density at radius 2 is 2.00 bits per heavy atom. The maximum atomic E-state index is 12.7. The molecule has 6 nitrogen and oxygen atoms in total. The second-order valence-corrected chi connectivity index (χ2v) is 7.62. The molecular formula is C15H16ClN3O3S. The number of rotatable bonds is 4. The third-order valence-electron chi connectivity index (χ3n) is 3.62. The van der Waals surface area contributed by atoms with Gasteiger partial charge in [0.25, 0.3) is 0 Å². The Morgan fingerprint density at radius 3 is 2.70 bits per heavy atom. The molecule has 1 saturated heterocycles. The predicted octanol–water partition coefficient (Wildman–Crippen LogP) is 2.36. The second-order valence-electron chi connectivity index (χ2n) is 5.24. The predicted molar refractivity (Wildman–Crippen MR) is 85.9 cm³/mol. The highest BCUT2D eigenvalue weighted by molar-refractivity contribution is 7.89. The number of hydrogen-bond acceptors (Lipinski definition) is 5. The van der Waals surface area contributed by atoms with Crippen LogP contribution in [0.5, 0.6) is 5.88 Å². The highest BCUT2D eigenvalue weighted by atomic mass is 35.5. The van der Waals surface area contributed by atoms with Gasteiger partial charge in [-0.05, 0) is 37.1 Å². The molecule has 1 fully saturated rings. The number of nitrogens with zero attached hydrogens (tertiary/aromatic N) is 3. The van der Waals surface area contributed by atoms with E-state index in [0.717, 1.165) is 12.8 Å². The van der Waals surface area contributed by atoms with Crippen LogP contribution in [0.1, 0.15) is 12.8 Å². The molecule has 23 heavy (non-hydrogen) atoms. The van der Waals surface area contributed by atoms with Crippen LogP contribution in [0.15, 0.2) is 47.8 Å². The van der Waals surface area contributed by atoms with Gasteiger partial charge in [0, 0.05) is 24.0 Å². The van der Waals surface area contributed by atoms with Gasteiger partial charge in [-0.1, -0.05) is 11.6 Å². The summed E-state index contributed by atoms with van der Waals surface area (Å²) in [5, 5.41) is 0.506. The van der Waals surface area contributed by atoms with Gasteiger partial charge in [-0.3, -0.25) is 4.98 Å². The molecule has 1 aromatic heterocycles. The zero-order chi connectivity index (χ0) is 16.3. The number of aromatic nitrogens is 2. The first kappa shape index (κ1) is 16.2. The van der Waals surface area contributed by atoms with Crippen molar-refractivity contribution in [2.75, 3.05) is 13.1 Å². The molecule has 122 valence electrons. The summed E-state index contributed by atoms with van der Waals surface area (Å²) >= 11 is 5.82. The van der Waals surface area contributed by atoms with Crippen LogP contribution in [-0.4, -0.2) is 41.9 Å². The molecule has 1 atom stereocenters. The lowest BCUT2D eigenvalue weighted by atomic mass is 10.1. The van der Waals surface area contributed by atoms with Gasteiger partial charge in [0.05, 0.1) is 17.6 Å². The summed E-state index contributed by atoms with van der Waals surface area (Å²) in [7, 11) is -3.55. The Morgan fingerprint density at radius 1 is 1.22 bits per heavy atom. The van der Waals surface area contributed by atoms with Gasteiger partial charge < -0.3 is 4.74 Å². The van der Waals surface area contributed by atoms with Crippen molar-refractivity contribution in [3.63, 3.8) is 0 Å². The zero-order valence-corrected chi connectivity index (χ0v) is 13.9. The van der Waals surface area contributed by atoms with E-state index in [1.807, 2.05) is 0 Å². The summed E-state index contributed by atoms with van der Waals surface area (Å²) in [5.74, 6) is 0.406. The number of halogens is 1. The van der Waals surface area contributed by atoms with Crippen molar-refractivity contribution in [3.8, 4) is 5.88 Å². The van der Waals surface area contributed by atoms with Crippen molar-refractivity contribution in [3.05, 3.63) is 47.9 Å². The molecule has 0 saturated carbocycles. The average molecular weight is 354 g/mol. The Bertz CT molecular complexity index is 753. The van der Waals surface area contributed by atoms with Crippen LogP contribution in [0.3, 0.4) is 0 Å². The molecule has 3 rings (SSSR count). The highest BCUT2D eigenvalue weighted by Crippen LogP contribution is 2.23. The van der Waals surface area contributed by atoms with Crippen molar-refractivity contribution in [2.24, 2.45) is 0 Å². The first-order valence-electron chi connectivity index (χ1n) is 7.24. The minimum Gasteiger partial charge on any atom is -0.472 e. The van der Waals surface area contributed by atoms with Crippen LogP contribution in [0.25, 0.3) is 0 Å². The number of benzene rings is 1. The Kier molecular flexibility index (Phi) is 4.79. The number of sulfonamides is 1. The SMILES string of the molecule is O=S(=O)(c1ccc(Cl)cc1)N1CCCC(Oc2cnccn2)C1. The molecule has 0 aliphatic carbocycles. The van der Waals surface area contributed by atoms with Gasteiger partial charge in [-0.15, -0.1) is 0 Å². The lowest BCUT2D eigenvalue weighted by Gasteiger charge is -2.31. The topological polar surface area (TPSA) is 72.4 Å². The summed E-state index contributed by atoms with van der Waals surface area (Å²) in [6, 6.07) is 6.19. The molecular weight excluding hydrogens is 338 g/mol. The number of hydrogen-bond donors (Lipinski definition) is 0. The first-order valence-corrected chi connectivity index (χ1v) is 9.06. The van der Waals surface area contributed by atoms with Crippen molar-refractivity contribution in [1.82, 2.24) is 14.3 Å². The quantitative estimate of drug-likeness (QED) is 0.843. The monoisotopic (exact) mass is 353 g/mol. The normalized spacial score (nSPS) is 19.4. The Labute approximate surface area is 140 Å². The largest absolute Gasteiger partial charge is 0.472 e. The third-order valence-corrected chi connectivity index (χ3v) is 5.75. The molecule has 1 aliphatic heterocycles. The minimum absolute atomic E-state index is 0.234. The van der Waals surface area contributed by atoms with E-state index in [4.69, 9.17) is 16.3 Å². The lowest BCUT2D eigenvalue weighted by molar-refractivity contribution is 0.124. The molecule has 0 radical (unpaired) electrons. The van der Waals surface area contributed by atoms with Crippen LogP contribution in [0.4, 0.5) is 0 Å². The van der Waals surface area contributed by atoms with Crippen molar-refractivity contribution >= 4 is 21.6 Å². The average Bonchev–Trinajstić information content (AvgIpc) is 2.56. The summed E-state index contributed by atoms with van der Waals surface area (Å²) in [6.45, 7) is 0.771. The fourth-order valence-electron chi connectivity index (χ4n) is 2.49. The summed E-state index contributed by atoms with van der Waals surface area (Å²) in [4.78, 5) is 8.24. The smallest absolute Gasteiger partial charge is 0.243 e. The van der Waals surface area contributed by atoms with Crippen LogP contribution < -0.4 is 4.74 Å². The zero-order valence-electron chi connectivity index (χ0n) is 12.3. The van der Waals surface area contributed by atoms with Crippen LogP contribution in [0.2, 0.25) is 5.02 Å². The maximum Gasteiger partial charge on any atom is 0.243 e. The molecule has 1 aromatic carbocycles. The highest BCUT2D eigenvalue weighted by Gasteiger charge is 2.31. The van der Waals surface area contributed by atoms with Gasteiger partial charge in [0.1, 0.15) is 6.10 Å². The fraction of sp³-hybridized carbons (Fsp3) is 0.333. The molecule has 0 amide bonds. The molecule has 1 unspecified atom stereocenters. The first-order chi connectivity index (χ1) is 11.1. The minimum atomic E-state index is -3.55. The Balaban J connectivity index is 1.74. The third kappa shape index (κ3) is 3.80.